The summed E-state index contributed by atoms with van der Waals surface area (Å²) >= 11 is 12.0. The van der Waals surface area contributed by atoms with E-state index < -0.39 is 17.9 Å². The molecule has 12 heteroatoms. The largest absolute Gasteiger partial charge is 3.00 e. The summed E-state index contributed by atoms with van der Waals surface area (Å²) in [5, 5.41) is 27.9. The average Bonchev–Trinajstić information content (AvgIpc) is 2.49. The van der Waals surface area contributed by atoms with Gasteiger partial charge in [0, 0.05) is 23.5 Å². The summed E-state index contributed by atoms with van der Waals surface area (Å²) in [7, 11) is 0. The number of carboxylic acids is 3. The van der Waals surface area contributed by atoms with Crippen LogP contribution in [0.3, 0.4) is 0 Å². The number of halogens is 2. The second-order valence-electron chi connectivity index (χ2n) is 4.44. The summed E-state index contributed by atoms with van der Waals surface area (Å²) in [6.07, 6.45) is 0. The monoisotopic (exact) mass is 592 g/mol. The van der Waals surface area contributed by atoms with Gasteiger partial charge in [-0.15, -0.1) is 0 Å². The van der Waals surface area contributed by atoms with Crippen LogP contribution in [0.5, 0.6) is 0 Å². The van der Waals surface area contributed by atoms with E-state index in [9.17, 15) is 0 Å². The van der Waals surface area contributed by atoms with E-state index in [1.54, 1.807) is 6.07 Å². The van der Waals surface area contributed by atoms with Crippen molar-refractivity contribution in [2.75, 3.05) is 0 Å². The predicted molar refractivity (Wildman–Crippen MR) is 105 cm³/mol. The van der Waals surface area contributed by atoms with Gasteiger partial charge >= 0.3 is 35.6 Å². The summed E-state index contributed by atoms with van der Waals surface area (Å²) < 4.78 is 0. The Morgan fingerprint density at radius 3 is 1.33 bits per heavy atom. The van der Waals surface area contributed by atoms with Crippen molar-refractivity contribution in [3.63, 3.8) is 0 Å². The number of rotatable bonds is 1. The third-order valence-corrected chi connectivity index (χ3v) is 2.86. The third-order valence-electron chi connectivity index (χ3n) is 2.04. The molecular weight excluding hydrogens is 570 g/mol. The molecule has 166 valence electrons. The number of benzene rings is 2. The van der Waals surface area contributed by atoms with Crippen molar-refractivity contribution in [1.29, 1.82) is 0 Å². The number of carbonyl (C=O) groups excluding carboxylic acids is 3. The van der Waals surface area contributed by atoms with Crippen LogP contribution in [0.1, 0.15) is 20.8 Å². The van der Waals surface area contributed by atoms with Crippen LogP contribution >= 0.6 is 23.2 Å². The molecule has 9 nitrogen and oxygen atoms in total. The fourth-order valence-electron chi connectivity index (χ4n) is 1.34. The van der Waals surface area contributed by atoms with E-state index in [4.69, 9.17) is 52.9 Å². The first kappa shape index (κ1) is 42.6. The van der Waals surface area contributed by atoms with Gasteiger partial charge in [-0.3, -0.25) is 0 Å². The summed E-state index contributed by atoms with van der Waals surface area (Å²) in [6.45, 7) is 2.92. The predicted octanol–water partition coefficient (Wildman–Crippen LogP) is -1.55. The van der Waals surface area contributed by atoms with Crippen molar-refractivity contribution in [1.82, 2.24) is 0 Å². The molecule has 0 saturated carbocycles. The van der Waals surface area contributed by atoms with Crippen molar-refractivity contribution in [2.24, 2.45) is 0 Å². The van der Waals surface area contributed by atoms with Gasteiger partial charge in [-0.05, 0) is 32.4 Å². The van der Waals surface area contributed by atoms with Gasteiger partial charge in [0.25, 0.3) is 0 Å². The van der Waals surface area contributed by atoms with Crippen molar-refractivity contribution in [2.45, 2.75) is 20.8 Å². The van der Waals surface area contributed by atoms with E-state index in [2.05, 4.69) is 0 Å². The first-order valence-electron chi connectivity index (χ1n) is 7.01. The molecule has 2 rings (SSSR count). The summed E-state index contributed by atoms with van der Waals surface area (Å²) in [4.78, 5) is 26.7. The normalized spacial score (nSPS) is 7.23. The molecule has 0 fully saturated rings. The van der Waals surface area contributed by atoms with Crippen LogP contribution in [0.4, 0.5) is 0 Å². The molecule has 0 saturated heterocycles. The minimum atomic E-state index is -1.08. The average molecular weight is 593 g/mol. The smallest absolute Gasteiger partial charge is 0.550 e. The Morgan fingerprint density at radius 2 is 1.00 bits per heavy atom. The minimum absolute atomic E-state index is 0. The number of hydrogen-bond acceptors (Lipinski definition) is 6. The molecular formula is C18H23Cl2LaO9. The molecule has 0 aliphatic carbocycles. The number of aliphatic carboxylic acids is 3. The molecule has 0 atom stereocenters. The zero-order valence-corrected chi connectivity index (χ0v) is 21.5. The van der Waals surface area contributed by atoms with Gasteiger partial charge in [0.1, 0.15) is 0 Å². The molecule has 0 aliphatic heterocycles. The number of carbonyl (C=O) groups is 3. The zero-order valence-electron chi connectivity index (χ0n) is 16.4. The van der Waals surface area contributed by atoms with E-state index in [1.165, 1.54) is 0 Å². The second-order valence-corrected chi connectivity index (χ2v) is 5.23. The van der Waals surface area contributed by atoms with Gasteiger partial charge in [-0.25, -0.2) is 0 Å². The Bertz CT molecular complexity index is 674. The summed E-state index contributed by atoms with van der Waals surface area (Å²) in [6, 6.07) is 15.6. The first-order valence-corrected chi connectivity index (χ1v) is 7.76. The molecule has 2 aromatic carbocycles. The topological polar surface area (TPSA) is 215 Å². The number of carboxylic acid groups (broad SMARTS) is 3. The van der Waals surface area contributed by atoms with E-state index in [-0.39, 0.29) is 52.0 Å². The molecule has 0 unspecified atom stereocenters. The fourth-order valence-corrected chi connectivity index (χ4v) is 1.75. The van der Waals surface area contributed by atoms with Crippen LogP contribution in [0.15, 0.2) is 48.5 Å². The van der Waals surface area contributed by atoms with Gasteiger partial charge in [-0.2, -0.15) is 0 Å². The summed E-state index contributed by atoms with van der Waals surface area (Å²) in [5.41, 5.74) is 2.06. The minimum Gasteiger partial charge on any atom is -0.550 e. The molecule has 0 amide bonds. The molecule has 0 spiro atoms. The van der Waals surface area contributed by atoms with Crippen LogP contribution in [-0.2, 0) is 14.4 Å². The maximum Gasteiger partial charge on any atom is 3.00 e. The van der Waals surface area contributed by atoms with Crippen molar-refractivity contribution < 1.29 is 81.7 Å². The molecule has 6 N–H and O–H groups in total. The number of hydrogen-bond donors (Lipinski definition) is 0. The second kappa shape index (κ2) is 25.5. The molecule has 0 aliphatic rings. The molecule has 0 heterocycles. The van der Waals surface area contributed by atoms with Gasteiger partial charge in [0.2, 0.25) is 0 Å². The zero-order chi connectivity index (χ0) is 20.7. The quantitative estimate of drug-likeness (QED) is 0.382. The SMILES string of the molecule is CC(=O)[O-].CC(=O)[O-].CC(=O)[O-].Clc1cccc(-c2ccccc2)c1Cl.O.O.O.[La+3]. The van der Waals surface area contributed by atoms with Gasteiger partial charge < -0.3 is 46.1 Å². The molecule has 0 bridgehead atoms. The van der Waals surface area contributed by atoms with Crippen LogP contribution in [-0.4, -0.2) is 34.3 Å². The van der Waals surface area contributed by atoms with Crippen LogP contribution in [0.2, 0.25) is 10.0 Å². The fraction of sp³-hybridized carbons (Fsp3) is 0.167. The first-order chi connectivity index (χ1) is 12.0. The third kappa shape index (κ3) is 28.7. The molecule has 0 radical (unpaired) electrons. The van der Waals surface area contributed by atoms with Crippen LogP contribution < -0.4 is 15.3 Å². The molecule has 30 heavy (non-hydrogen) atoms. The van der Waals surface area contributed by atoms with Gasteiger partial charge in [0.15, 0.2) is 0 Å². The maximum atomic E-state index is 8.89. The van der Waals surface area contributed by atoms with Crippen molar-refractivity contribution >= 4 is 41.1 Å². The standard InChI is InChI=1S/C12H8Cl2.3C2H4O2.La.3H2O/c13-11-8-4-7-10(12(11)14)9-5-2-1-3-6-9;3*1-2(3)4;;;;/h1-8H;3*1H3,(H,3,4);;3*1H2/q;;;;+3;;;/p-3. The Labute approximate surface area is 212 Å². The van der Waals surface area contributed by atoms with Crippen LogP contribution in [0, 0.1) is 35.6 Å². The van der Waals surface area contributed by atoms with Crippen molar-refractivity contribution in [3.05, 3.63) is 58.6 Å². The Kier molecular flexibility index (Phi) is 36.2. The van der Waals surface area contributed by atoms with E-state index >= 15 is 0 Å². The van der Waals surface area contributed by atoms with E-state index in [1.807, 2.05) is 42.5 Å². The Balaban J connectivity index is -0.0000000770. The molecule has 0 aromatic heterocycles. The summed E-state index contributed by atoms with van der Waals surface area (Å²) in [5.74, 6) is -3.25. The molecule has 2 aromatic rings. The van der Waals surface area contributed by atoms with E-state index in [0.29, 0.717) is 10.0 Å². The van der Waals surface area contributed by atoms with Gasteiger partial charge in [-0.1, -0.05) is 65.7 Å². The van der Waals surface area contributed by atoms with E-state index in [0.717, 1.165) is 31.9 Å². The van der Waals surface area contributed by atoms with Gasteiger partial charge in [0.05, 0.1) is 10.0 Å². The van der Waals surface area contributed by atoms with Crippen molar-refractivity contribution in [3.8, 4) is 11.1 Å². The Hall–Kier alpha value is -1.50. The Morgan fingerprint density at radius 1 is 0.667 bits per heavy atom. The maximum absolute atomic E-state index is 8.89. The van der Waals surface area contributed by atoms with Crippen LogP contribution in [0.25, 0.3) is 11.1 Å².